The van der Waals surface area contributed by atoms with Crippen molar-refractivity contribution in [2.45, 2.75) is 26.3 Å². The monoisotopic (exact) mass is 267 g/mol. The zero-order chi connectivity index (χ0) is 13.9. The highest BCUT2D eigenvalue weighted by molar-refractivity contribution is 5.94. The van der Waals surface area contributed by atoms with E-state index in [2.05, 4.69) is 27.8 Å². The Bertz CT molecular complexity index is 635. The van der Waals surface area contributed by atoms with Gasteiger partial charge in [0.05, 0.1) is 0 Å². The van der Waals surface area contributed by atoms with Gasteiger partial charge in [0, 0.05) is 36.2 Å². The number of fused-ring (bicyclic) bond motifs is 1. The van der Waals surface area contributed by atoms with Crippen LogP contribution in [0.1, 0.15) is 23.2 Å². The Morgan fingerprint density at radius 1 is 1.25 bits per heavy atom. The lowest BCUT2D eigenvalue weighted by molar-refractivity contribution is -0.116. The molecule has 2 aromatic rings. The second-order valence-corrected chi connectivity index (χ2v) is 5.08. The van der Waals surface area contributed by atoms with E-state index in [1.54, 1.807) is 0 Å². The standard InChI is InChI=1S/C16H17N3O/c1-11-2-3-12(9-17-11)10-18-14-5-6-15-13(8-14)4-7-16(20)19-15/h2-3,5-6,8-9,18H,4,7,10H2,1H3,(H,19,20). The molecule has 0 saturated heterocycles. The Balaban J connectivity index is 1.69. The largest absolute Gasteiger partial charge is 0.381 e. The highest BCUT2D eigenvalue weighted by Gasteiger charge is 2.14. The van der Waals surface area contributed by atoms with E-state index in [1.807, 2.05) is 31.3 Å². The van der Waals surface area contributed by atoms with Crippen LogP contribution in [-0.2, 0) is 17.8 Å². The molecule has 4 heteroatoms. The number of aromatic nitrogens is 1. The molecule has 102 valence electrons. The van der Waals surface area contributed by atoms with Crippen molar-refractivity contribution in [3.8, 4) is 0 Å². The van der Waals surface area contributed by atoms with Crippen molar-refractivity contribution in [3.05, 3.63) is 53.3 Å². The molecule has 0 aliphatic carbocycles. The van der Waals surface area contributed by atoms with Gasteiger partial charge in [0.2, 0.25) is 5.91 Å². The second kappa shape index (κ2) is 5.33. The third-order valence-electron chi connectivity index (χ3n) is 3.47. The third-order valence-corrected chi connectivity index (χ3v) is 3.47. The lowest BCUT2D eigenvalue weighted by atomic mass is 10.0. The summed E-state index contributed by atoms with van der Waals surface area (Å²) in [6.45, 7) is 2.73. The average Bonchev–Trinajstić information content (AvgIpc) is 2.46. The maximum Gasteiger partial charge on any atom is 0.224 e. The first kappa shape index (κ1) is 12.7. The highest BCUT2D eigenvalue weighted by atomic mass is 16.1. The first-order chi connectivity index (χ1) is 9.70. The van der Waals surface area contributed by atoms with E-state index in [0.717, 1.165) is 35.6 Å². The molecule has 2 N–H and O–H groups in total. The van der Waals surface area contributed by atoms with Gasteiger partial charge in [-0.2, -0.15) is 0 Å². The number of aryl methyl sites for hydroxylation is 2. The van der Waals surface area contributed by atoms with E-state index in [0.29, 0.717) is 6.42 Å². The number of anilines is 2. The number of pyridine rings is 1. The van der Waals surface area contributed by atoms with Crippen LogP contribution < -0.4 is 10.6 Å². The van der Waals surface area contributed by atoms with Crippen LogP contribution in [-0.4, -0.2) is 10.9 Å². The van der Waals surface area contributed by atoms with E-state index in [4.69, 9.17) is 0 Å². The highest BCUT2D eigenvalue weighted by Crippen LogP contribution is 2.25. The Morgan fingerprint density at radius 3 is 2.95 bits per heavy atom. The van der Waals surface area contributed by atoms with Crippen molar-refractivity contribution in [1.82, 2.24) is 4.98 Å². The lowest BCUT2D eigenvalue weighted by Crippen LogP contribution is -2.18. The third kappa shape index (κ3) is 2.79. The Hall–Kier alpha value is -2.36. The van der Waals surface area contributed by atoms with Crippen molar-refractivity contribution in [1.29, 1.82) is 0 Å². The molecule has 4 nitrogen and oxygen atoms in total. The molecule has 0 spiro atoms. The predicted molar refractivity (Wildman–Crippen MR) is 79.7 cm³/mol. The van der Waals surface area contributed by atoms with E-state index in [9.17, 15) is 4.79 Å². The van der Waals surface area contributed by atoms with Crippen LogP contribution in [0.4, 0.5) is 11.4 Å². The number of hydrogen-bond acceptors (Lipinski definition) is 3. The number of hydrogen-bond donors (Lipinski definition) is 2. The summed E-state index contributed by atoms with van der Waals surface area (Å²) < 4.78 is 0. The number of rotatable bonds is 3. The number of carbonyl (C=O) groups is 1. The molecular formula is C16H17N3O. The van der Waals surface area contributed by atoms with Gasteiger partial charge in [-0.05, 0) is 48.7 Å². The number of nitrogens with zero attached hydrogens (tertiary/aromatic N) is 1. The van der Waals surface area contributed by atoms with Crippen LogP contribution in [0.2, 0.25) is 0 Å². The lowest BCUT2D eigenvalue weighted by Gasteiger charge is -2.18. The molecular weight excluding hydrogens is 250 g/mol. The van der Waals surface area contributed by atoms with Gasteiger partial charge in [-0.25, -0.2) is 0 Å². The fraction of sp³-hybridized carbons (Fsp3) is 0.250. The van der Waals surface area contributed by atoms with Gasteiger partial charge in [-0.3, -0.25) is 9.78 Å². The van der Waals surface area contributed by atoms with Crippen LogP contribution >= 0.6 is 0 Å². The van der Waals surface area contributed by atoms with Crippen LogP contribution in [0, 0.1) is 6.92 Å². The average molecular weight is 267 g/mol. The van der Waals surface area contributed by atoms with Crippen molar-refractivity contribution in [2.75, 3.05) is 10.6 Å². The van der Waals surface area contributed by atoms with Crippen LogP contribution in [0.5, 0.6) is 0 Å². The zero-order valence-corrected chi connectivity index (χ0v) is 11.4. The van der Waals surface area contributed by atoms with Crippen molar-refractivity contribution >= 4 is 17.3 Å². The molecule has 20 heavy (non-hydrogen) atoms. The van der Waals surface area contributed by atoms with Crippen LogP contribution in [0.3, 0.4) is 0 Å². The summed E-state index contributed by atoms with van der Waals surface area (Å²) in [6.07, 6.45) is 3.27. The smallest absolute Gasteiger partial charge is 0.224 e. The maximum atomic E-state index is 11.3. The minimum atomic E-state index is 0.101. The minimum absolute atomic E-state index is 0.101. The summed E-state index contributed by atoms with van der Waals surface area (Å²) in [7, 11) is 0. The molecule has 0 unspecified atom stereocenters. The molecule has 1 aliphatic heterocycles. The van der Waals surface area contributed by atoms with Gasteiger partial charge in [0.25, 0.3) is 0 Å². The normalized spacial score (nSPS) is 13.6. The summed E-state index contributed by atoms with van der Waals surface area (Å²) in [5.41, 5.74) is 5.38. The van der Waals surface area contributed by atoms with Crippen LogP contribution in [0.15, 0.2) is 36.5 Å². The van der Waals surface area contributed by atoms with Crippen LogP contribution in [0.25, 0.3) is 0 Å². The van der Waals surface area contributed by atoms with Gasteiger partial charge in [-0.1, -0.05) is 6.07 Å². The fourth-order valence-corrected chi connectivity index (χ4v) is 2.30. The van der Waals surface area contributed by atoms with Gasteiger partial charge in [0.15, 0.2) is 0 Å². The Morgan fingerprint density at radius 2 is 2.15 bits per heavy atom. The minimum Gasteiger partial charge on any atom is -0.381 e. The quantitative estimate of drug-likeness (QED) is 0.899. The number of carbonyl (C=O) groups excluding carboxylic acids is 1. The summed E-state index contributed by atoms with van der Waals surface area (Å²) >= 11 is 0. The second-order valence-electron chi connectivity index (χ2n) is 5.08. The van der Waals surface area contributed by atoms with Gasteiger partial charge < -0.3 is 10.6 Å². The summed E-state index contributed by atoms with van der Waals surface area (Å²) in [5, 5.41) is 6.28. The van der Waals surface area contributed by atoms with Gasteiger partial charge in [-0.15, -0.1) is 0 Å². The molecule has 3 rings (SSSR count). The fourth-order valence-electron chi connectivity index (χ4n) is 2.30. The van der Waals surface area contributed by atoms with Crippen molar-refractivity contribution < 1.29 is 4.79 Å². The topological polar surface area (TPSA) is 54.0 Å². The first-order valence-corrected chi connectivity index (χ1v) is 6.79. The summed E-state index contributed by atoms with van der Waals surface area (Å²) in [5.74, 6) is 0.101. The van der Waals surface area contributed by atoms with E-state index in [1.165, 1.54) is 5.56 Å². The molecule has 1 aromatic carbocycles. The van der Waals surface area contributed by atoms with Gasteiger partial charge in [0.1, 0.15) is 0 Å². The molecule has 1 amide bonds. The SMILES string of the molecule is Cc1ccc(CNc2ccc3c(c2)CCC(=O)N3)cn1. The molecule has 1 aliphatic rings. The number of benzene rings is 1. The number of amides is 1. The molecule has 1 aromatic heterocycles. The molecule has 0 radical (unpaired) electrons. The first-order valence-electron chi connectivity index (χ1n) is 6.79. The molecule has 0 fully saturated rings. The van der Waals surface area contributed by atoms with Crippen molar-refractivity contribution in [3.63, 3.8) is 0 Å². The zero-order valence-electron chi connectivity index (χ0n) is 11.4. The molecule has 0 atom stereocenters. The Kier molecular flexibility index (Phi) is 3.37. The summed E-state index contributed by atoms with van der Waals surface area (Å²) in [4.78, 5) is 15.6. The number of nitrogens with one attached hydrogen (secondary N) is 2. The van der Waals surface area contributed by atoms with E-state index >= 15 is 0 Å². The van der Waals surface area contributed by atoms with E-state index in [-0.39, 0.29) is 5.91 Å². The maximum absolute atomic E-state index is 11.3. The predicted octanol–water partition coefficient (Wildman–Crippen LogP) is 2.89. The molecule has 0 bridgehead atoms. The van der Waals surface area contributed by atoms with Gasteiger partial charge >= 0.3 is 0 Å². The molecule has 0 saturated carbocycles. The summed E-state index contributed by atoms with van der Waals surface area (Å²) in [6, 6.07) is 10.2. The van der Waals surface area contributed by atoms with Crippen molar-refractivity contribution in [2.24, 2.45) is 0 Å². The molecule has 2 heterocycles. The van der Waals surface area contributed by atoms with E-state index < -0.39 is 0 Å². The Labute approximate surface area is 118 Å².